The van der Waals surface area contributed by atoms with Gasteiger partial charge in [0.25, 0.3) is 5.91 Å². The van der Waals surface area contributed by atoms with E-state index in [0.717, 1.165) is 24.3 Å². The van der Waals surface area contributed by atoms with Crippen LogP contribution in [-0.4, -0.2) is 36.8 Å². The van der Waals surface area contributed by atoms with Gasteiger partial charge in [-0.25, -0.2) is 0 Å². The van der Waals surface area contributed by atoms with E-state index in [0.29, 0.717) is 12.0 Å². The average molecular weight is 329 g/mol. The van der Waals surface area contributed by atoms with Crippen LogP contribution in [0.25, 0.3) is 5.57 Å². The van der Waals surface area contributed by atoms with Gasteiger partial charge in [0, 0.05) is 25.3 Å². The Morgan fingerprint density at radius 3 is 2.29 bits per heavy atom. The van der Waals surface area contributed by atoms with E-state index < -0.39 is 12.0 Å². The van der Waals surface area contributed by atoms with Crippen LogP contribution < -0.4 is 10.2 Å². The molecule has 1 aromatic rings. The van der Waals surface area contributed by atoms with Crippen LogP contribution in [0.3, 0.4) is 0 Å². The largest absolute Gasteiger partial charge is 0.391 e. The smallest absolute Gasteiger partial charge is 0.262 e. The Hall–Kier alpha value is -2.32. The summed E-state index contributed by atoms with van der Waals surface area (Å²) in [6.07, 6.45) is -0.0416. The maximum Gasteiger partial charge on any atom is 0.262 e. The second-order valence-electron chi connectivity index (χ2n) is 5.60. The predicted octanol–water partition coefficient (Wildman–Crippen LogP) is 2.72. The number of hydrogen-bond donors (Lipinski definition) is 2. The zero-order chi connectivity index (χ0) is 18.1. The third-order valence-corrected chi connectivity index (χ3v) is 4.11. The number of benzene rings is 1. The molecule has 1 unspecified atom stereocenters. The van der Waals surface area contributed by atoms with Crippen molar-refractivity contribution in [3.05, 3.63) is 35.4 Å². The van der Waals surface area contributed by atoms with E-state index in [1.54, 1.807) is 6.92 Å². The average Bonchev–Trinajstić information content (AvgIpc) is 2.61. The number of amides is 1. The summed E-state index contributed by atoms with van der Waals surface area (Å²) in [6, 6.07) is 9.83. The molecule has 0 spiro atoms. The Balaban J connectivity index is 2.98. The molecule has 0 fully saturated rings. The molecule has 130 valence electrons. The molecule has 0 heterocycles. The van der Waals surface area contributed by atoms with Gasteiger partial charge in [0.2, 0.25) is 0 Å². The second kappa shape index (κ2) is 9.74. The van der Waals surface area contributed by atoms with Gasteiger partial charge in [-0.2, -0.15) is 5.26 Å². The van der Waals surface area contributed by atoms with Gasteiger partial charge in [0.15, 0.2) is 0 Å². The van der Waals surface area contributed by atoms with E-state index in [2.05, 4.69) is 24.1 Å². The quantitative estimate of drug-likeness (QED) is 0.568. The Morgan fingerprint density at radius 1 is 1.25 bits per heavy atom. The summed E-state index contributed by atoms with van der Waals surface area (Å²) in [7, 11) is 0. The predicted molar refractivity (Wildman–Crippen MR) is 97.5 cm³/mol. The number of rotatable bonds is 8. The van der Waals surface area contributed by atoms with Crippen molar-refractivity contribution in [2.24, 2.45) is 0 Å². The minimum Gasteiger partial charge on any atom is -0.391 e. The molecule has 5 heteroatoms. The molecule has 0 aliphatic rings. The lowest BCUT2D eigenvalue weighted by Crippen LogP contribution is -2.32. The highest BCUT2D eigenvalue weighted by atomic mass is 16.3. The molecule has 1 amide bonds. The van der Waals surface area contributed by atoms with Crippen molar-refractivity contribution in [1.82, 2.24) is 5.32 Å². The summed E-state index contributed by atoms with van der Waals surface area (Å²) < 4.78 is 0. The van der Waals surface area contributed by atoms with Crippen LogP contribution in [0, 0.1) is 11.3 Å². The maximum absolute atomic E-state index is 12.2. The number of anilines is 1. The van der Waals surface area contributed by atoms with Gasteiger partial charge in [-0.05, 0) is 50.5 Å². The molecule has 0 aromatic heterocycles. The number of nitriles is 1. The van der Waals surface area contributed by atoms with Gasteiger partial charge in [-0.3, -0.25) is 4.79 Å². The van der Waals surface area contributed by atoms with Gasteiger partial charge in [-0.1, -0.05) is 19.1 Å². The number of carbonyl (C=O) groups is 1. The molecule has 0 saturated carbocycles. The minimum atomic E-state index is -0.595. The normalized spacial score (nSPS) is 12.8. The third kappa shape index (κ3) is 5.10. The molecule has 1 rings (SSSR count). The number of aliphatic hydroxyl groups excluding tert-OH is 1. The van der Waals surface area contributed by atoms with Crippen LogP contribution in [0.4, 0.5) is 5.69 Å². The summed E-state index contributed by atoms with van der Waals surface area (Å²) in [5.41, 5.74) is 2.67. The zero-order valence-corrected chi connectivity index (χ0v) is 15.0. The third-order valence-electron chi connectivity index (χ3n) is 4.11. The molecule has 1 aromatic carbocycles. The van der Waals surface area contributed by atoms with Gasteiger partial charge >= 0.3 is 0 Å². The summed E-state index contributed by atoms with van der Waals surface area (Å²) >= 11 is 0. The van der Waals surface area contributed by atoms with E-state index in [1.807, 2.05) is 37.3 Å². The monoisotopic (exact) mass is 329 g/mol. The molecular weight excluding hydrogens is 302 g/mol. The van der Waals surface area contributed by atoms with Gasteiger partial charge in [0.05, 0.1) is 6.10 Å². The first kappa shape index (κ1) is 19.7. The highest BCUT2D eigenvalue weighted by molar-refractivity contribution is 6.04. The summed E-state index contributed by atoms with van der Waals surface area (Å²) in [4.78, 5) is 14.4. The lowest BCUT2D eigenvalue weighted by atomic mass is 10.0. The van der Waals surface area contributed by atoms with E-state index >= 15 is 0 Å². The van der Waals surface area contributed by atoms with Crippen molar-refractivity contribution in [1.29, 1.82) is 5.26 Å². The Morgan fingerprint density at radius 2 is 1.83 bits per heavy atom. The van der Waals surface area contributed by atoms with Crippen LogP contribution in [-0.2, 0) is 4.79 Å². The molecular formula is C19H27N3O2. The van der Waals surface area contributed by atoms with E-state index in [9.17, 15) is 15.2 Å². The first-order valence-electron chi connectivity index (χ1n) is 8.40. The number of nitrogens with one attached hydrogen (secondary N) is 1. The van der Waals surface area contributed by atoms with Crippen molar-refractivity contribution < 1.29 is 9.90 Å². The second-order valence-corrected chi connectivity index (χ2v) is 5.60. The van der Waals surface area contributed by atoms with Crippen LogP contribution in [0.15, 0.2) is 29.8 Å². The van der Waals surface area contributed by atoms with Gasteiger partial charge in [-0.15, -0.1) is 0 Å². The summed E-state index contributed by atoms with van der Waals surface area (Å²) in [6.45, 7) is 9.80. The number of nitrogens with zero attached hydrogens (tertiary/aromatic N) is 2. The zero-order valence-electron chi connectivity index (χ0n) is 15.0. The van der Waals surface area contributed by atoms with Crippen molar-refractivity contribution in [2.45, 2.75) is 40.2 Å². The number of hydrogen-bond acceptors (Lipinski definition) is 4. The van der Waals surface area contributed by atoms with Gasteiger partial charge in [0.1, 0.15) is 11.6 Å². The fourth-order valence-electron chi connectivity index (χ4n) is 2.40. The molecule has 0 aliphatic heterocycles. The van der Waals surface area contributed by atoms with Crippen molar-refractivity contribution in [3.8, 4) is 6.07 Å². The lowest BCUT2D eigenvalue weighted by molar-refractivity contribution is -0.117. The molecule has 0 aliphatic carbocycles. The number of allylic oxidation sites excluding steroid dienone is 1. The summed E-state index contributed by atoms with van der Waals surface area (Å²) in [5.74, 6) is -0.449. The maximum atomic E-state index is 12.2. The highest BCUT2D eigenvalue weighted by Gasteiger charge is 2.15. The standard InChI is InChI=1S/C19H27N3O2/c1-5-17(23)13-21-19(24)18(12-20)14(4)15-8-10-16(11-9-15)22(6-2)7-3/h8-11,17,23H,5-7,13H2,1-4H3,(H,21,24)/b18-14+. The lowest BCUT2D eigenvalue weighted by Gasteiger charge is -2.21. The topological polar surface area (TPSA) is 76.4 Å². The highest BCUT2D eigenvalue weighted by Crippen LogP contribution is 2.22. The number of aliphatic hydroxyl groups is 1. The van der Waals surface area contributed by atoms with Crippen LogP contribution in [0.1, 0.15) is 39.7 Å². The van der Waals surface area contributed by atoms with E-state index in [-0.39, 0.29) is 12.1 Å². The first-order chi connectivity index (χ1) is 11.5. The Bertz CT molecular complexity index is 610. The van der Waals surface area contributed by atoms with Gasteiger partial charge < -0.3 is 15.3 Å². The SMILES string of the molecule is CCC(O)CNC(=O)/C(C#N)=C(\C)c1ccc(N(CC)CC)cc1. The van der Waals surface area contributed by atoms with E-state index in [4.69, 9.17) is 0 Å². The molecule has 0 saturated heterocycles. The van der Waals surface area contributed by atoms with Crippen molar-refractivity contribution in [3.63, 3.8) is 0 Å². The molecule has 1 atom stereocenters. The molecule has 0 radical (unpaired) electrons. The fourth-order valence-corrected chi connectivity index (χ4v) is 2.40. The molecule has 24 heavy (non-hydrogen) atoms. The summed E-state index contributed by atoms with van der Waals surface area (Å²) in [5, 5.41) is 21.5. The number of carbonyl (C=O) groups excluding carboxylic acids is 1. The molecule has 2 N–H and O–H groups in total. The van der Waals surface area contributed by atoms with Crippen molar-refractivity contribution >= 4 is 17.2 Å². The first-order valence-corrected chi connectivity index (χ1v) is 8.40. The van der Waals surface area contributed by atoms with Crippen LogP contribution >= 0.6 is 0 Å². The Labute approximate surface area is 144 Å². The van der Waals surface area contributed by atoms with Crippen molar-refractivity contribution in [2.75, 3.05) is 24.5 Å². The Kier molecular flexibility index (Phi) is 8.00. The fraction of sp³-hybridized carbons (Fsp3) is 0.474. The minimum absolute atomic E-state index is 0.0777. The molecule has 5 nitrogen and oxygen atoms in total. The van der Waals surface area contributed by atoms with E-state index in [1.165, 1.54) is 0 Å². The molecule has 0 bridgehead atoms. The van der Waals surface area contributed by atoms with Crippen LogP contribution in [0.2, 0.25) is 0 Å². The van der Waals surface area contributed by atoms with Crippen LogP contribution in [0.5, 0.6) is 0 Å².